The van der Waals surface area contributed by atoms with Crippen LogP contribution in [0.5, 0.6) is 0 Å². The highest BCUT2D eigenvalue weighted by atomic mass is 35.5. The standard InChI is InChI=1S/C26H25ClN2O4/c1-33-25(31)17-23(19-12-6-3-7-13-19)28-24(30)16-22(18-10-4-2-5-11-18)29-26(32)20-14-8-9-15-21(20)27/h2-15,22-23H,16-17H2,1H3,(H,28,30)(H,29,32). The Morgan fingerprint density at radius 3 is 1.82 bits per heavy atom. The van der Waals surface area contributed by atoms with Crippen LogP contribution in [-0.2, 0) is 14.3 Å². The number of carbonyl (C=O) groups excluding carboxylic acids is 3. The Kier molecular flexibility index (Phi) is 8.61. The molecule has 0 radical (unpaired) electrons. The third kappa shape index (κ3) is 6.92. The van der Waals surface area contributed by atoms with Crippen molar-refractivity contribution in [3.63, 3.8) is 0 Å². The molecule has 0 saturated carbocycles. The summed E-state index contributed by atoms with van der Waals surface area (Å²) < 4.78 is 4.79. The van der Waals surface area contributed by atoms with Crippen molar-refractivity contribution in [1.82, 2.24) is 10.6 Å². The third-order valence-corrected chi connectivity index (χ3v) is 5.48. The Bertz CT molecular complexity index is 1090. The molecule has 3 aromatic rings. The summed E-state index contributed by atoms with van der Waals surface area (Å²) in [7, 11) is 1.31. The van der Waals surface area contributed by atoms with E-state index in [2.05, 4.69) is 10.6 Å². The van der Waals surface area contributed by atoms with Crippen LogP contribution in [0.4, 0.5) is 0 Å². The largest absolute Gasteiger partial charge is 0.469 e. The van der Waals surface area contributed by atoms with Gasteiger partial charge in [-0.3, -0.25) is 14.4 Å². The molecule has 0 heterocycles. The van der Waals surface area contributed by atoms with Crippen molar-refractivity contribution in [2.75, 3.05) is 7.11 Å². The van der Waals surface area contributed by atoms with E-state index in [1.807, 2.05) is 60.7 Å². The predicted molar refractivity (Wildman–Crippen MR) is 127 cm³/mol. The molecule has 0 spiro atoms. The molecular weight excluding hydrogens is 440 g/mol. The van der Waals surface area contributed by atoms with Gasteiger partial charge in [0.05, 0.1) is 42.6 Å². The second-order valence-corrected chi connectivity index (χ2v) is 7.84. The summed E-state index contributed by atoms with van der Waals surface area (Å²) in [6, 6.07) is 24.0. The fraction of sp³-hybridized carbons (Fsp3) is 0.192. The molecule has 6 nitrogen and oxygen atoms in total. The van der Waals surface area contributed by atoms with Gasteiger partial charge in [-0.25, -0.2) is 0 Å². The minimum Gasteiger partial charge on any atom is -0.469 e. The molecule has 0 aliphatic carbocycles. The van der Waals surface area contributed by atoms with Gasteiger partial charge in [0.15, 0.2) is 0 Å². The molecule has 7 heteroatoms. The van der Waals surface area contributed by atoms with Crippen molar-refractivity contribution in [1.29, 1.82) is 0 Å². The first kappa shape index (κ1) is 24.0. The number of methoxy groups -OCH3 is 1. The predicted octanol–water partition coefficient (Wildman–Crippen LogP) is 4.62. The first-order valence-corrected chi connectivity index (χ1v) is 10.9. The Balaban J connectivity index is 1.78. The van der Waals surface area contributed by atoms with Crippen molar-refractivity contribution in [3.8, 4) is 0 Å². The van der Waals surface area contributed by atoms with Gasteiger partial charge in [0.25, 0.3) is 5.91 Å². The van der Waals surface area contributed by atoms with E-state index >= 15 is 0 Å². The summed E-state index contributed by atoms with van der Waals surface area (Å²) in [5.74, 6) is -1.13. The van der Waals surface area contributed by atoms with Crippen molar-refractivity contribution in [2.24, 2.45) is 0 Å². The summed E-state index contributed by atoms with van der Waals surface area (Å²) in [6.45, 7) is 0. The Hall–Kier alpha value is -3.64. The van der Waals surface area contributed by atoms with Crippen molar-refractivity contribution >= 4 is 29.4 Å². The highest BCUT2D eigenvalue weighted by Crippen LogP contribution is 2.22. The number of amides is 2. The Morgan fingerprint density at radius 2 is 1.27 bits per heavy atom. The van der Waals surface area contributed by atoms with Gasteiger partial charge < -0.3 is 15.4 Å². The highest BCUT2D eigenvalue weighted by Gasteiger charge is 2.24. The van der Waals surface area contributed by atoms with Crippen LogP contribution in [0.25, 0.3) is 0 Å². The van der Waals surface area contributed by atoms with Crippen LogP contribution in [0.2, 0.25) is 5.02 Å². The summed E-state index contributed by atoms with van der Waals surface area (Å²) in [4.78, 5) is 37.8. The topological polar surface area (TPSA) is 84.5 Å². The zero-order valence-corrected chi connectivity index (χ0v) is 18.9. The van der Waals surface area contributed by atoms with Crippen LogP contribution in [0.3, 0.4) is 0 Å². The van der Waals surface area contributed by atoms with Gasteiger partial charge >= 0.3 is 5.97 Å². The Labute approximate surface area is 197 Å². The summed E-state index contributed by atoms with van der Waals surface area (Å²) in [5.41, 5.74) is 1.89. The van der Waals surface area contributed by atoms with E-state index in [-0.39, 0.29) is 24.7 Å². The van der Waals surface area contributed by atoms with E-state index in [0.29, 0.717) is 10.6 Å². The molecule has 3 aromatic carbocycles. The van der Waals surface area contributed by atoms with Crippen molar-refractivity contribution in [2.45, 2.75) is 24.9 Å². The van der Waals surface area contributed by atoms with E-state index in [0.717, 1.165) is 11.1 Å². The third-order valence-electron chi connectivity index (χ3n) is 5.15. The maximum Gasteiger partial charge on any atom is 0.307 e. The fourth-order valence-corrected chi connectivity index (χ4v) is 3.67. The van der Waals surface area contributed by atoms with Crippen molar-refractivity contribution < 1.29 is 19.1 Å². The Morgan fingerprint density at radius 1 is 0.758 bits per heavy atom. The second-order valence-electron chi connectivity index (χ2n) is 7.43. The fourth-order valence-electron chi connectivity index (χ4n) is 3.45. The summed E-state index contributed by atoms with van der Waals surface area (Å²) in [6.07, 6.45) is -0.0288. The van der Waals surface area contributed by atoms with Crippen LogP contribution < -0.4 is 10.6 Å². The molecule has 0 aromatic heterocycles. The number of esters is 1. The first-order valence-electron chi connectivity index (χ1n) is 10.5. The van der Waals surface area contributed by atoms with Crippen LogP contribution >= 0.6 is 11.6 Å². The van der Waals surface area contributed by atoms with Gasteiger partial charge in [-0.05, 0) is 23.3 Å². The average molecular weight is 465 g/mol. The number of ether oxygens (including phenoxy) is 1. The lowest BCUT2D eigenvalue weighted by atomic mass is 10.0. The quantitative estimate of drug-likeness (QED) is 0.452. The first-order chi connectivity index (χ1) is 16.0. The lowest BCUT2D eigenvalue weighted by Gasteiger charge is -2.22. The number of hydrogen-bond donors (Lipinski definition) is 2. The lowest BCUT2D eigenvalue weighted by Crippen LogP contribution is -2.36. The molecular formula is C26H25ClN2O4. The zero-order chi connectivity index (χ0) is 23.6. The molecule has 0 aliphatic heterocycles. The molecule has 33 heavy (non-hydrogen) atoms. The molecule has 0 bridgehead atoms. The zero-order valence-electron chi connectivity index (χ0n) is 18.2. The normalized spacial score (nSPS) is 12.3. The van der Waals surface area contributed by atoms with E-state index < -0.39 is 18.1 Å². The molecule has 3 rings (SSSR count). The minimum absolute atomic E-state index is 0.00571. The number of hydrogen-bond acceptors (Lipinski definition) is 4. The lowest BCUT2D eigenvalue weighted by molar-refractivity contribution is -0.141. The van der Waals surface area contributed by atoms with E-state index in [1.165, 1.54) is 7.11 Å². The highest BCUT2D eigenvalue weighted by molar-refractivity contribution is 6.33. The van der Waals surface area contributed by atoms with Gasteiger partial charge in [0.2, 0.25) is 5.91 Å². The van der Waals surface area contributed by atoms with Gasteiger partial charge in [-0.2, -0.15) is 0 Å². The number of halogens is 1. The van der Waals surface area contributed by atoms with E-state index in [4.69, 9.17) is 16.3 Å². The molecule has 0 saturated heterocycles. The van der Waals surface area contributed by atoms with Crippen LogP contribution in [0, 0.1) is 0 Å². The van der Waals surface area contributed by atoms with Gasteiger partial charge in [-0.1, -0.05) is 84.4 Å². The molecule has 2 N–H and O–H groups in total. The van der Waals surface area contributed by atoms with Crippen molar-refractivity contribution in [3.05, 3.63) is 107 Å². The van der Waals surface area contributed by atoms with Gasteiger partial charge in [-0.15, -0.1) is 0 Å². The van der Waals surface area contributed by atoms with E-state index in [1.54, 1.807) is 24.3 Å². The molecule has 2 unspecified atom stereocenters. The van der Waals surface area contributed by atoms with Crippen LogP contribution in [0.15, 0.2) is 84.9 Å². The monoisotopic (exact) mass is 464 g/mol. The van der Waals surface area contributed by atoms with Gasteiger partial charge in [0.1, 0.15) is 0 Å². The minimum atomic E-state index is -0.593. The molecule has 2 atom stereocenters. The molecule has 0 fully saturated rings. The number of nitrogens with one attached hydrogen (secondary N) is 2. The van der Waals surface area contributed by atoms with Crippen LogP contribution in [-0.4, -0.2) is 24.9 Å². The summed E-state index contributed by atoms with van der Waals surface area (Å²) >= 11 is 6.17. The van der Waals surface area contributed by atoms with E-state index in [9.17, 15) is 14.4 Å². The van der Waals surface area contributed by atoms with Crippen LogP contribution in [0.1, 0.15) is 46.4 Å². The second kappa shape index (κ2) is 11.8. The van der Waals surface area contributed by atoms with Gasteiger partial charge in [0, 0.05) is 0 Å². The molecule has 170 valence electrons. The number of benzene rings is 3. The number of rotatable bonds is 9. The smallest absolute Gasteiger partial charge is 0.307 e. The average Bonchev–Trinajstić information content (AvgIpc) is 2.84. The molecule has 2 amide bonds. The molecule has 0 aliphatic rings. The number of carbonyl (C=O) groups is 3. The maximum absolute atomic E-state index is 13.0. The summed E-state index contributed by atoms with van der Waals surface area (Å²) in [5, 5.41) is 6.14. The SMILES string of the molecule is COC(=O)CC(NC(=O)CC(NC(=O)c1ccccc1Cl)c1ccccc1)c1ccccc1. The maximum atomic E-state index is 13.0.